The fraction of sp³-hybridized carbons (Fsp3) is 0.474. The van der Waals surface area contributed by atoms with E-state index in [9.17, 15) is 9.59 Å². The fourth-order valence-electron chi connectivity index (χ4n) is 3.64. The predicted molar refractivity (Wildman–Crippen MR) is 87.2 cm³/mol. The summed E-state index contributed by atoms with van der Waals surface area (Å²) < 4.78 is 0. The second-order valence-corrected chi connectivity index (χ2v) is 7.05. The maximum atomic E-state index is 12.8. The Labute approximate surface area is 136 Å². The zero-order valence-corrected chi connectivity index (χ0v) is 13.2. The van der Waals surface area contributed by atoms with Crippen LogP contribution in [0.4, 0.5) is 0 Å². The van der Waals surface area contributed by atoms with Crippen molar-refractivity contribution in [2.75, 3.05) is 0 Å². The molecule has 120 valence electrons. The first-order valence-electron chi connectivity index (χ1n) is 8.51. The maximum absolute atomic E-state index is 12.8. The summed E-state index contributed by atoms with van der Waals surface area (Å²) in [6, 6.07) is 7.45. The van der Waals surface area contributed by atoms with E-state index in [4.69, 9.17) is 5.73 Å². The van der Waals surface area contributed by atoms with Gasteiger partial charge >= 0.3 is 0 Å². The molecule has 2 amide bonds. The maximum Gasteiger partial charge on any atom is 0.247 e. The van der Waals surface area contributed by atoms with Gasteiger partial charge in [-0.15, -0.1) is 0 Å². The first-order valence-corrected chi connectivity index (χ1v) is 8.51. The Balaban J connectivity index is 1.61. The number of allylic oxidation sites excluding steroid dienone is 1. The number of nitrogens with zero attached hydrogens (tertiary/aromatic N) is 1. The lowest BCUT2D eigenvalue weighted by Crippen LogP contribution is -2.50. The quantitative estimate of drug-likeness (QED) is 0.866. The van der Waals surface area contributed by atoms with E-state index >= 15 is 0 Å². The van der Waals surface area contributed by atoms with Crippen molar-refractivity contribution in [3.63, 3.8) is 0 Å². The summed E-state index contributed by atoms with van der Waals surface area (Å²) in [6.07, 6.45) is 7.16. The first kappa shape index (κ1) is 14.5. The average Bonchev–Trinajstić information content (AvgIpc) is 3.44. The molecule has 23 heavy (non-hydrogen) atoms. The van der Waals surface area contributed by atoms with E-state index in [1.165, 1.54) is 31.3 Å². The molecule has 4 rings (SSSR count). The van der Waals surface area contributed by atoms with Gasteiger partial charge in [-0.2, -0.15) is 0 Å². The van der Waals surface area contributed by atoms with Crippen molar-refractivity contribution in [1.82, 2.24) is 4.90 Å². The van der Waals surface area contributed by atoms with Crippen LogP contribution < -0.4 is 5.73 Å². The largest absolute Gasteiger partial charge is 0.368 e. The van der Waals surface area contributed by atoms with Crippen LogP contribution >= 0.6 is 0 Å². The smallest absolute Gasteiger partial charge is 0.247 e. The number of rotatable bonds is 4. The van der Waals surface area contributed by atoms with Gasteiger partial charge in [-0.25, -0.2) is 0 Å². The molecule has 1 aromatic rings. The lowest BCUT2D eigenvalue weighted by atomic mass is 9.93. The van der Waals surface area contributed by atoms with Gasteiger partial charge in [-0.1, -0.05) is 29.8 Å². The number of hydrogen-bond donors (Lipinski definition) is 1. The van der Waals surface area contributed by atoms with Crippen LogP contribution in [0.15, 0.2) is 35.9 Å². The zero-order chi connectivity index (χ0) is 16.0. The summed E-state index contributed by atoms with van der Waals surface area (Å²) in [6.45, 7) is 0.474. The summed E-state index contributed by atoms with van der Waals surface area (Å²) in [5, 5.41) is 0. The van der Waals surface area contributed by atoms with Crippen molar-refractivity contribution in [3.05, 3.63) is 47.0 Å². The number of benzene rings is 1. The minimum atomic E-state index is -0.534. The summed E-state index contributed by atoms with van der Waals surface area (Å²) >= 11 is 0. The first-order chi connectivity index (χ1) is 11.1. The van der Waals surface area contributed by atoms with Crippen LogP contribution in [-0.4, -0.2) is 22.8 Å². The third-order valence-corrected chi connectivity index (χ3v) is 5.25. The van der Waals surface area contributed by atoms with E-state index < -0.39 is 11.9 Å². The molecule has 0 radical (unpaired) electrons. The SMILES string of the molecule is NC(=O)[C@@H]1Cc2ccccc2CN1C(=O)C=C(C1CC1)C1CC1. The summed E-state index contributed by atoms with van der Waals surface area (Å²) in [7, 11) is 0. The number of nitrogens with two attached hydrogens (primary N) is 1. The molecule has 2 N–H and O–H groups in total. The van der Waals surface area contributed by atoms with Crippen LogP contribution in [-0.2, 0) is 22.6 Å². The number of hydrogen-bond acceptors (Lipinski definition) is 2. The van der Waals surface area contributed by atoms with Crippen LogP contribution in [0.2, 0.25) is 0 Å². The molecule has 0 aromatic heterocycles. The van der Waals surface area contributed by atoms with Crippen molar-refractivity contribution >= 4 is 11.8 Å². The van der Waals surface area contributed by atoms with E-state index in [-0.39, 0.29) is 5.91 Å². The minimum Gasteiger partial charge on any atom is -0.368 e. The molecular formula is C19H22N2O2. The van der Waals surface area contributed by atoms with Crippen molar-refractivity contribution in [2.45, 2.75) is 44.7 Å². The van der Waals surface area contributed by atoms with Gasteiger partial charge < -0.3 is 10.6 Å². The molecule has 2 aliphatic carbocycles. The van der Waals surface area contributed by atoms with Crippen LogP contribution in [0.25, 0.3) is 0 Å². The molecule has 3 aliphatic rings. The average molecular weight is 310 g/mol. The standard InChI is InChI=1S/C19H22N2O2/c20-19(23)17-9-14-3-1-2-4-15(14)11-21(17)18(22)10-16(12-5-6-12)13-7-8-13/h1-4,10,12-13,17H,5-9,11H2,(H2,20,23)/t17-/m0/s1. The predicted octanol–water partition coefficient (Wildman–Crippen LogP) is 2.17. The molecule has 4 heteroatoms. The molecule has 1 atom stereocenters. The molecule has 0 saturated heterocycles. The van der Waals surface area contributed by atoms with Gasteiger partial charge in [-0.05, 0) is 48.6 Å². The molecule has 4 nitrogen and oxygen atoms in total. The highest BCUT2D eigenvalue weighted by Crippen LogP contribution is 2.48. The van der Waals surface area contributed by atoms with Gasteiger partial charge in [0.2, 0.25) is 11.8 Å². The number of primary amides is 1. The van der Waals surface area contributed by atoms with Crippen molar-refractivity contribution in [1.29, 1.82) is 0 Å². The molecule has 0 spiro atoms. The molecule has 1 heterocycles. The molecule has 2 fully saturated rings. The topological polar surface area (TPSA) is 63.4 Å². The third-order valence-electron chi connectivity index (χ3n) is 5.25. The number of fused-ring (bicyclic) bond motifs is 1. The Kier molecular flexibility index (Phi) is 3.47. The summed E-state index contributed by atoms with van der Waals surface area (Å²) in [5.74, 6) is 0.754. The van der Waals surface area contributed by atoms with Gasteiger partial charge in [-0.3, -0.25) is 9.59 Å². The lowest BCUT2D eigenvalue weighted by Gasteiger charge is -2.34. The second kappa shape index (κ2) is 5.52. The number of carbonyl (C=O) groups excluding carboxylic acids is 2. The van der Waals surface area contributed by atoms with Gasteiger partial charge in [0.05, 0.1) is 0 Å². The molecule has 1 aliphatic heterocycles. The van der Waals surface area contributed by atoms with Gasteiger partial charge in [0.15, 0.2) is 0 Å². The normalized spacial score (nSPS) is 23.1. The summed E-state index contributed by atoms with van der Waals surface area (Å²) in [4.78, 5) is 26.4. The van der Waals surface area contributed by atoms with Crippen molar-refractivity contribution in [3.8, 4) is 0 Å². The minimum absolute atomic E-state index is 0.0443. The van der Waals surface area contributed by atoms with Gasteiger partial charge in [0.25, 0.3) is 0 Å². The van der Waals surface area contributed by atoms with Crippen molar-refractivity contribution < 1.29 is 9.59 Å². The third kappa shape index (κ3) is 2.90. The molecule has 0 bridgehead atoms. The zero-order valence-electron chi connectivity index (χ0n) is 13.2. The van der Waals surface area contributed by atoms with E-state index in [0.717, 1.165) is 11.1 Å². The Morgan fingerprint density at radius 2 is 1.65 bits per heavy atom. The summed E-state index contributed by atoms with van der Waals surface area (Å²) in [5.41, 5.74) is 9.13. The molecule has 2 saturated carbocycles. The Morgan fingerprint density at radius 3 is 2.22 bits per heavy atom. The van der Waals surface area contributed by atoms with E-state index in [1.807, 2.05) is 30.3 Å². The Bertz CT molecular complexity index is 672. The fourth-order valence-corrected chi connectivity index (χ4v) is 3.64. The number of carbonyl (C=O) groups is 2. The lowest BCUT2D eigenvalue weighted by molar-refractivity contribution is -0.136. The molecular weight excluding hydrogens is 288 g/mol. The van der Waals surface area contributed by atoms with Crippen LogP contribution in [0.3, 0.4) is 0 Å². The van der Waals surface area contributed by atoms with E-state index in [0.29, 0.717) is 24.8 Å². The van der Waals surface area contributed by atoms with E-state index in [2.05, 4.69) is 0 Å². The Morgan fingerprint density at radius 1 is 1.04 bits per heavy atom. The highest BCUT2D eigenvalue weighted by Gasteiger charge is 2.38. The monoisotopic (exact) mass is 310 g/mol. The van der Waals surface area contributed by atoms with Crippen molar-refractivity contribution in [2.24, 2.45) is 17.6 Å². The number of amides is 2. The van der Waals surface area contributed by atoms with Crippen LogP contribution in [0.5, 0.6) is 0 Å². The Hall–Kier alpha value is -2.10. The molecule has 1 aromatic carbocycles. The van der Waals surface area contributed by atoms with Gasteiger partial charge in [0.1, 0.15) is 6.04 Å². The highest BCUT2D eigenvalue weighted by atomic mass is 16.2. The van der Waals surface area contributed by atoms with Gasteiger partial charge in [0, 0.05) is 19.0 Å². The highest BCUT2D eigenvalue weighted by molar-refractivity contribution is 5.93. The van der Waals surface area contributed by atoms with Crippen LogP contribution in [0.1, 0.15) is 36.8 Å². The van der Waals surface area contributed by atoms with E-state index in [1.54, 1.807) is 4.90 Å². The van der Waals surface area contributed by atoms with Crippen LogP contribution in [0, 0.1) is 11.8 Å². The second-order valence-electron chi connectivity index (χ2n) is 7.05. The molecule has 0 unspecified atom stereocenters.